The van der Waals surface area contributed by atoms with Crippen LogP contribution in [0.25, 0.3) is 0 Å². The van der Waals surface area contributed by atoms with Crippen molar-refractivity contribution in [3.63, 3.8) is 0 Å². The first-order valence-electron chi connectivity index (χ1n) is 6.41. The summed E-state index contributed by atoms with van der Waals surface area (Å²) >= 11 is 0. The number of anilines is 2. The van der Waals surface area contributed by atoms with Crippen LogP contribution < -0.4 is 11.5 Å². The minimum atomic E-state index is -0.980. The zero-order chi connectivity index (χ0) is 16.9. The van der Waals surface area contributed by atoms with E-state index in [2.05, 4.69) is 0 Å². The standard InChI is InChI=1S/2C8H9NO2/c1-5-2-3-7(9)6(4-5)8(10)11;1-5-3-2-4-6(7(5)9)8(10)11/h2*2-4H,9H2,1H3,(H,10,11). The van der Waals surface area contributed by atoms with Crippen molar-refractivity contribution in [3.8, 4) is 0 Å². The van der Waals surface area contributed by atoms with Crippen molar-refractivity contribution in [1.29, 1.82) is 0 Å². The van der Waals surface area contributed by atoms with Crippen LogP contribution in [0.4, 0.5) is 11.4 Å². The maximum absolute atomic E-state index is 10.5. The van der Waals surface area contributed by atoms with E-state index >= 15 is 0 Å². The van der Waals surface area contributed by atoms with Gasteiger partial charge in [-0.2, -0.15) is 0 Å². The predicted molar refractivity (Wildman–Crippen MR) is 85.1 cm³/mol. The van der Waals surface area contributed by atoms with E-state index in [4.69, 9.17) is 21.7 Å². The number of aryl methyl sites for hydroxylation is 2. The van der Waals surface area contributed by atoms with Gasteiger partial charge in [-0.25, -0.2) is 9.59 Å². The lowest BCUT2D eigenvalue weighted by molar-refractivity contribution is 0.0687. The highest BCUT2D eigenvalue weighted by Crippen LogP contribution is 2.15. The number of benzene rings is 2. The molecule has 6 N–H and O–H groups in total. The Morgan fingerprint density at radius 2 is 1.50 bits per heavy atom. The number of aromatic carboxylic acids is 2. The number of carboxylic acid groups (broad SMARTS) is 2. The highest BCUT2D eigenvalue weighted by Gasteiger charge is 2.07. The molecule has 0 spiro atoms. The molecular formula is C16H18N2O4. The third kappa shape index (κ3) is 4.24. The molecule has 0 aliphatic rings. The second kappa shape index (κ2) is 7.12. The quantitative estimate of drug-likeness (QED) is 0.631. The van der Waals surface area contributed by atoms with E-state index in [0.717, 1.165) is 11.1 Å². The van der Waals surface area contributed by atoms with Crippen LogP contribution in [0.2, 0.25) is 0 Å². The third-order valence-corrected chi connectivity index (χ3v) is 2.99. The van der Waals surface area contributed by atoms with E-state index in [-0.39, 0.29) is 11.1 Å². The van der Waals surface area contributed by atoms with Gasteiger partial charge in [-0.15, -0.1) is 0 Å². The molecule has 2 aromatic carbocycles. The summed E-state index contributed by atoms with van der Waals surface area (Å²) in [6.07, 6.45) is 0. The van der Waals surface area contributed by atoms with Gasteiger partial charge in [0.05, 0.1) is 11.1 Å². The Hall–Kier alpha value is -3.02. The van der Waals surface area contributed by atoms with Crippen LogP contribution in [0, 0.1) is 13.8 Å². The molecule has 0 aliphatic heterocycles. The van der Waals surface area contributed by atoms with Gasteiger partial charge in [-0.1, -0.05) is 23.8 Å². The summed E-state index contributed by atoms with van der Waals surface area (Å²) in [5, 5.41) is 17.2. The molecule has 6 heteroatoms. The van der Waals surface area contributed by atoms with E-state index in [9.17, 15) is 9.59 Å². The van der Waals surface area contributed by atoms with Crippen molar-refractivity contribution in [2.75, 3.05) is 11.5 Å². The van der Waals surface area contributed by atoms with Gasteiger partial charge in [0.1, 0.15) is 0 Å². The number of carboxylic acids is 2. The molecule has 6 nitrogen and oxygen atoms in total. The summed E-state index contributed by atoms with van der Waals surface area (Å²) in [6, 6.07) is 9.87. The Morgan fingerprint density at radius 1 is 0.909 bits per heavy atom. The minimum absolute atomic E-state index is 0.171. The lowest BCUT2D eigenvalue weighted by Gasteiger charge is -2.02. The Labute approximate surface area is 128 Å². The summed E-state index contributed by atoms with van der Waals surface area (Å²) < 4.78 is 0. The van der Waals surface area contributed by atoms with Crippen LogP contribution in [-0.4, -0.2) is 22.2 Å². The SMILES string of the molecule is Cc1ccc(N)c(C(=O)O)c1.Cc1cccc(C(=O)O)c1N. The molecule has 0 radical (unpaired) electrons. The van der Waals surface area contributed by atoms with Crippen molar-refractivity contribution in [2.45, 2.75) is 13.8 Å². The zero-order valence-electron chi connectivity index (χ0n) is 12.3. The van der Waals surface area contributed by atoms with Crippen LogP contribution in [0.3, 0.4) is 0 Å². The molecule has 0 aromatic heterocycles. The van der Waals surface area contributed by atoms with E-state index < -0.39 is 11.9 Å². The van der Waals surface area contributed by atoms with E-state index in [1.807, 2.05) is 6.92 Å². The summed E-state index contributed by atoms with van der Waals surface area (Å²) in [7, 11) is 0. The fourth-order valence-electron chi connectivity index (χ4n) is 1.72. The van der Waals surface area contributed by atoms with Gasteiger partial charge in [0.15, 0.2) is 0 Å². The number of rotatable bonds is 2. The highest BCUT2D eigenvalue weighted by molar-refractivity contribution is 5.94. The molecule has 22 heavy (non-hydrogen) atoms. The number of nitrogens with two attached hydrogens (primary N) is 2. The van der Waals surface area contributed by atoms with Gasteiger partial charge >= 0.3 is 11.9 Å². The highest BCUT2D eigenvalue weighted by atomic mass is 16.4. The molecule has 2 rings (SSSR count). The molecule has 0 atom stereocenters. The van der Waals surface area contributed by atoms with Crippen molar-refractivity contribution in [3.05, 3.63) is 58.7 Å². The van der Waals surface area contributed by atoms with Crippen LogP contribution in [0.15, 0.2) is 36.4 Å². The molecule has 0 bridgehead atoms. The average Bonchev–Trinajstić information content (AvgIpc) is 2.44. The van der Waals surface area contributed by atoms with Gasteiger partial charge in [0.25, 0.3) is 0 Å². The Balaban J connectivity index is 0.000000220. The number of carbonyl (C=O) groups is 2. The van der Waals surface area contributed by atoms with Crippen molar-refractivity contribution in [2.24, 2.45) is 0 Å². The van der Waals surface area contributed by atoms with Gasteiger partial charge in [-0.3, -0.25) is 0 Å². The maximum Gasteiger partial charge on any atom is 0.337 e. The topological polar surface area (TPSA) is 127 Å². The first kappa shape index (κ1) is 17.0. The first-order chi connectivity index (χ1) is 10.2. The first-order valence-corrected chi connectivity index (χ1v) is 6.41. The Bertz CT molecular complexity index is 699. The lowest BCUT2D eigenvalue weighted by Crippen LogP contribution is -2.03. The van der Waals surface area contributed by atoms with E-state index in [1.165, 1.54) is 6.07 Å². The van der Waals surface area contributed by atoms with Crippen LogP contribution in [-0.2, 0) is 0 Å². The smallest absolute Gasteiger partial charge is 0.337 e. The third-order valence-electron chi connectivity index (χ3n) is 2.99. The van der Waals surface area contributed by atoms with Gasteiger partial charge in [-0.05, 0) is 37.6 Å². The number of hydrogen-bond donors (Lipinski definition) is 4. The molecule has 0 aliphatic carbocycles. The second-order valence-electron chi connectivity index (χ2n) is 4.74. The molecule has 0 fully saturated rings. The summed E-state index contributed by atoms with van der Waals surface area (Å²) in [6.45, 7) is 3.60. The second-order valence-corrected chi connectivity index (χ2v) is 4.74. The molecule has 0 saturated heterocycles. The maximum atomic E-state index is 10.5. The molecule has 2 aromatic rings. The summed E-state index contributed by atoms with van der Waals surface area (Å²) in [5.74, 6) is -1.96. The molecule has 0 heterocycles. The summed E-state index contributed by atoms with van der Waals surface area (Å²) in [4.78, 5) is 21.0. The van der Waals surface area contributed by atoms with Crippen molar-refractivity contribution < 1.29 is 19.8 Å². The van der Waals surface area contributed by atoms with Crippen molar-refractivity contribution >= 4 is 23.3 Å². The molecule has 0 amide bonds. The Kier molecular flexibility index (Phi) is 5.51. The number of hydrogen-bond acceptors (Lipinski definition) is 4. The summed E-state index contributed by atoms with van der Waals surface area (Å²) in [5.41, 5.74) is 13.6. The van der Waals surface area contributed by atoms with Crippen LogP contribution >= 0.6 is 0 Å². The fraction of sp³-hybridized carbons (Fsp3) is 0.125. The zero-order valence-corrected chi connectivity index (χ0v) is 12.3. The number of nitrogen functional groups attached to an aromatic ring is 2. The molecule has 0 unspecified atom stereocenters. The molecule has 0 saturated carbocycles. The number of para-hydroxylation sites is 1. The molecular weight excluding hydrogens is 284 g/mol. The average molecular weight is 302 g/mol. The lowest BCUT2D eigenvalue weighted by atomic mass is 10.1. The van der Waals surface area contributed by atoms with Gasteiger partial charge in [0.2, 0.25) is 0 Å². The molecule has 116 valence electrons. The monoisotopic (exact) mass is 302 g/mol. The minimum Gasteiger partial charge on any atom is -0.478 e. The predicted octanol–water partition coefficient (Wildman–Crippen LogP) is 2.55. The van der Waals surface area contributed by atoms with Crippen LogP contribution in [0.1, 0.15) is 31.8 Å². The van der Waals surface area contributed by atoms with Gasteiger partial charge in [0, 0.05) is 11.4 Å². The normalized spacial score (nSPS) is 9.55. The van der Waals surface area contributed by atoms with Crippen LogP contribution in [0.5, 0.6) is 0 Å². The van der Waals surface area contributed by atoms with Crippen molar-refractivity contribution in [1.82, 2.24) is 0 Å². The van der Waals surface area contributed by atoms with Gasteiger partial charge < -0.3 is 21.7 Å². The fourth-order valence-corrected chi connectivity index (χ4v) is 1.72. The van der Waals surface area contributed by atoms with E-state index in [1.54, 1.807) is 37.3 Å². The Morgan fingerprint density at radius 3 is 1.95 bits per heavy atom. The largest absolute Gasteiger partial charge is 0.478 e. The van der Waals surface area contributed by atoms with E-state index in [0.29, 0.717) is 11.4 Å².